The summed E-state index contributed by atoms with van der Waals surface area (Å²) in [6.07, 6.45) is -0.497. The second kappa shape index (κ2) is 7.09. The molecule has 1 aromatic rings. The van der Waals surface area contributed by atoms with Gasteiger partial charge in [-0.25, -0.2) is 13.2 Å². The molecule has 20 heavy (non-hydrogen) atoms. The van der Waals surface area contributed by atoms with Gasteiger partial charge in [-0.1, -0.05) is 11.6 Å². The molecule has 0 N–H and O–H groups in total. The molecule has 5 nitrogen and oxygen atoms in total. The number of halogens is 3. The van der Waals surface area contributed by atoms with Gasteiger partial charge in [0.15, 0.2) is 0 Å². The number of hydrogen-bond acceptors (Lipinski definition) is 5. The van der Waals surface area contributed by atoms with E-state index in [-0.39, 0.29) is 26.6 Å². The highest BCUT2D eigenvalue weighted by Crippen LogP contribution is 2.31. The van der Waals surface area contributed by atoms with Gasteiger partial charge in [0.25, 0.3) is 9.05 Å². The fourth-order valence-corrected chi connectivity index (χ4v) is 3.96. The van der Waals surface area contributed by atoms with Gasteiger partial charge in [0.05, 0.1) is 22.1 Å². The van der Waals surface area contributed by atoms with Crippen LogP contribution in [-0.2, 0) is 18.5 Å². The molecule has 0 heterocycles. The quantitative estimate of drug-likeness (QED) is 0.555. The summed E-state index contributed by atoms with van der Waals surface area (Å²) in [4.78, 5) is 11.7. The van der Waals surface area contributed by atoms with Crippen LogP contribution in [0.25, 0.3) is 0 Å². The first kappa shape index (κ1) is 17.7. The van der Waals surface area contributed by atoms with Crippen molar-refractivity contribution in [3.63, 3.8) is 0 Å². The van der Waals surface area contributed by atoms with Gasteiger partial charge in [-0.2, -0.15) is 0 Å². The predicted molar refractivity (Wildman–Crippen MR) is 78.9 cm³/mol. The van der Waals surface area contributed by atoms with E-state index in [2.05, 4.69) is 15.9 Å². The maximum atomic E-state index is 11.9. The van der Waals surface area contributed by atoms with Crippen LogP contribution in [0.2, 0.25) is 5.02 Å². The van der Waals surface area contributed by atoms with Gasteiger partial charge < -0.3 is 9.47 Å². The van der Waals surface area contributed by atoms with Crippen LogP contribution < -0.4 is 0 Å². The molecule has 0 saturated carbocycles. The number of carbonyl (C=O) groups excluding carboxylic acids is 1. The highest BCUT2D eigenvalue weighted by Gasteiger charge is 2.22. The molecule has 0 aliphatic carbocycles. The summed E-state index contributed by atoms with van der Waals surface area (Å²) in [5, 5.41) is 0.0514. The highest BCUT2D eigenvalue weighted by atomic mass is 79.9. The summed E-state index contributed by atoms with van der Waals surface area (Å²) in [5.41, 5.74) is -0.0861. The number of esters is 1. The molecule has 0 aromatic heterocycles. The number of rotatable bonds is 5. The monoisotopic (exact) mass is 404 g/mol. The van der Waals surface area contributed by atoms with E-state index in [9.17, 15) is 13.2 Å². The third-order valence-corrected chi connectivity index (χ3v) is 4.81. The Morgan fingerprint density at radius 1 is 1.45 bits per heavy atom. The molecular formula is C11H11BrCl2O5S. The van der Waals surface area contributed by atoms with Gasteiger partial charge in [0.2, 0.25) is 0 Å². The second-order valence-corrected chi connectivity index (χ2v) is 7.67. The van der Waals surface area contributed by atoms with E-state index in [1.165, 1.54) is 13.2 Å². The number of hydrogen-bond donors (Lipinski definition) is 0. The fraction of sp³-hybridized carbons (Fsp3) is 0.364. The molecule has 0 spiro atoms. The van der Waals surface area contributed by atoms with E-state index in [0.717, 1.165) is 6.07 Å². The van der Waals surface area contributed by atoms with Crippen LogP contribution in [0.3, 0.4) is 0 Å². The lowest BCUT2D eigenvalue weighted by Crippen LogP contribution is -2.20. The first-order valence-corrected chi connectivity index (χ1v) is 8.78. The minimum Gasteiger partial charge on any atom is -0.457 e. The minimum atomic E-state index is -4.01. The first-order chi connectivity index (χ1) is 9.16. The second-order valence-electron chi connectivity index (χ2n) is 3.87. The van der Waals surface area contributed by atoms with Gasteiger partial charge in [-0.3, -0.25) is 0 Å². The molecular weight excluding hydrogens is 395 g/mol. The minimum absolute atomic E-state index is 0.0514. The van der Waals surface area contributed by atoms with Crippen LogP contribution in [-0.4, -0.2) is 34.2 Å². The van der Waals surface area contributed by atoms with Gasteiger partial charge in [0, 0.05) is 22.3 Å². The molecule has 0 amide bonds. The number of carbonyl (C=O) groups is 1. The van der Waals surface area contributed by atoms with Gasteiger partial charge >= 0.3 is 5.97 Å². The Hall–Kier alpha value is -0.340. The maximum absolute atomic E-state index is 11.9. The summed E-state index contributed by atoms with van der Waals surface area (Å²) >= 11 is 8.93. The standard InChI is InChI=1S/C11H11BrCl2O5S/c1-6(5-18-2)19-11(15)7-3-10(20(14,16)17)8(12)4-9(7)13/h3-4,6H,5H2,1-2H3. The summed E-state index contributed by atoms with van der Waals surface area (Å²) < 4.78 is 32.8. The molecule has 0 aliphatic heterocycles. The Bertz CT molecular complexity index is 617. The van der Waals surface area contributed by atoms with Crippen LogP contribution in [0, 0.1) is 0 Å². The smallest absolute Gasteiger partial charge is 0.340 e. The van der Waals surface area contributed by atoms with E-state index >= 15 is 0 Å². The molecule has 112 valence electrons. The van der Waals surface area contributed by atoms with Crippen molar-refractivity contribution in [2.45, 2.75) is 17.9 Å². The number of ether oxygens (including phenoxy) is 2. The number of methoxy groups -OCH3 is 1. The summed E-state index contributed by atoms with van der Waals surface area (Å²) in [6, 6.07) is 2.34. The van der Waals surface area contributed by atoms with Crippen molar-refractivity contribution >= 4 is 53.2 Å². The van der Waals surface area contributed by atoms with Crippen molar-refractivity contribution in [2.24, 2.45) is 0 Å². The van der Waals surface area contributed by atoms with Crippen molar-refractivity contribution in [3.8, 4) is 0 Å². The van der Waals surface area contributed by atoms with Crippen LogP contribution in [0.4, 0.5) is 0 Å². The van der Waals surface area contributed by atoms with Crippen molar-refractivity contribution in [2.75, 3.05) is 13.7 Å². The lowest BCUT2D eigenvalue weighted by Gasteiger charge is -2.13. The van der Waals surface area contributed by atoms with Crippen LogP contribution in [0.15, 0.2) is 21.5 Å². The molecule has 0 fully saturated rings. The molecule has 1 aromatic carbocycles. The Kier molecular flexibility index (Phi) is 6.27. The Morgan fingerprint density at radius 2 is 2.05 bits per heavy atom. The summed E-state index contributed by atoms with van der Waals surface area (Å²) in [6.45, 7) is 1.84. The Labute approximate surface area is 134 Å². The summed E-state index contributed by atoms with van der Waals surface area (Å²) in [5.74, 6) is -0.756. The van der Waals surface area contributed by atoms with Crippen molar-refractivity contribution in [1.29, 1.82) is 0 Å². The van der Waals surface area contributed by atoms with E-state index in [1.54, 1.807) is 6.92 Å². The average molecular weight is 406 g/mol. The molecule has 1 rings (SSSR count). The van der Waals surface area contributed by atoms with Gasteiger partial charge in [-0.05, 0) is 35.0 Å². The van der Waals surface area contributed by atoms with Crippen molar-refractivity contribution in [1.82, 2.24) is 0 Å². The van der Waals surface area contributed by atoms with Gasteiger partial charge in [-0.15, -0.1) is 0 Å². The zero-order chi connectivity index (χ0) is 15.5. The fourth-order valence-electron chi connectivity index (χ4n) is 1.39. The Balaban J connectivity index is 3.16. The zero-order valence-electron chi connectivity index (χ0n) is 10.5. The molecule has 0 bridgehead atoms. The Morgan fingerprint density at radius 3 is 2.55 bits per heavy atom. The third-order valence-electron chi connectivity index (χ3n) is 2.21. The van der Waals surface area contributed by atoms with E-state index in [1.807, 2.05) is 0 Å². The normalized spacial score (nSPS) is 13.1. The molecule has 1 unspecified atom stereocenters. The third kappa shape index (κ3) is 4.60. The van der Waals surface area contributed by atoms with Crippen molar-refractivity contribution in [3.05, 3.63) is 27.2 Å². The molecule has 0 aliphatic rings. The van der Waals surface area contributed by atoms with E-state index < -0.39 is 21.1 Å². The SMILES string of the molecule is COCC(C)OC(=O)c1cc(S(=O)(=O)Cl)c(Br)cc1Cl. The number of benzene rings is 1. The maximum Gasteiger partial charge on any atom is 0.340 e. The van der Waals surface area contributed by atoms with Gasteiger partial charge in [0.1, 0.15) is 6.10 Å². The lowest BCUT2D eigenvalue weighted by molar-refractivity contribution is 0.0120. The largest absolute Gasteiger partial charge is 0.457 e. The molecule has 9 heteroatoms. The zero-order valence-corrected chi connectivity index (χ0v) is 14.4. The first-order valence-electron chi connectivity index (χ1n) is 5.30. The summed E-state index contributed by atoms with van der Waals surface area (Å²) in [7, 11) is 2.73. The van der Waals surface area contributed by atoms with Crippen LogP contribution in [0.5, 0.6) is 0 Å². The van der Waals surface area contributed by atoms with E-state index in [0.29, 0.717) is 0 Å². The topological polar surface area (TPSA) is 69.7 Å². The highest BCUT2D eigenvalue weighted by molar-refractivity contribution is 9.10. The predicted octanol–water partition coefficient (Wildman–Crippen LogP) is 3.22. The van der Waals surface area contributed by atoms with Crippen LogP contribution >= 0.6 is 38.2 Å². The lowest BCUT2D eigenvalue weighted by atomic mass is 10.2. The molecule has 0 radical (unpaired) electrons. The van der Waals surface area contributed by atoms with Crippen molar-refractivity contribution < 1.29 is 22.7 Å². The van der Waals surface area contributed by atoms with E-state index in [4.69, 9.17) is 31.8 Å². The molecule has 0 saturated heterocycles. The average Bonchev–Trinajstić information content (AvgIpc) is 2.26. The molecule has 1 atom stereocenters. The van der Waals surface area contributed by atoms with Crippen LogP contribution in [0.1, 0.15) is 17.3 Å².